The largest absolute Gasteiger partial charge is 0.421 e. The minimum absolute atomic E-state index is 0.0218. The molecule has 0 saturated carbocycles. The van der Waals surface area contributed by atoms with Crippen molar-refractivity contribution in [3.63, 3.8) is 0 Å². The molecule has 1 aliphatic heterocycles. The number of alkyl halides is 3. The Kier molecular flexibility index (Phi) is 9.60. The molecule has 0 amide bonds. The number of hydrogen-bond acceptors (Lipinski definition) is 7. The van der Waals surface area contributed by atoms with Gasteiger partial charge in [-0.25, -0.2) is 16.8 Å². The van der Waals surface area contributed by atoms with Gasteiger partial charge in [-0.1, -0.05) is 66.8 Å². The van der Waals surface area contributed by atoms with E-state index >= 15 is 0 Å². The van der Waals surface area contributed by atoms with Crippen LogP contribution in [0.4, 0.5) is 18.9 Å². The first kappa shape index (κ1) is 33.3. The lowest BCUT2D eigenvalue weighted by Crippen LogP contribution is -2.59. The Bertz CT molecular complexity index is 1610. The number of halogens is 3. The van der Waals surface area contributed by atoms with Crippen molar-refractivity contribution in [1.82, 2.24) is 8.61 Å². The summed E-state index contributed by atoms with van der Waals surface area (Å²) in [5.41, 5.74) is -2.23. The summed E-state index contributed by atoms with van der Waals surface area (Å²) < 4.78 is 96.4. The molecule has 2 aromatic carbocycles. The Hall–Kier alpha value is -2.62. The van der Waals surface area contributed by atoms with Gasteiger partial charge in [-0.05, 0) is 43.2 Å². The van der Waals surface area contributed by atoms with Gasteiger partial charge in [0.2, 0.25) is 20.0 Å². The predicted molar refractivity (Wildman–Crippen MR) is 165 cm³/mol. The molecule has 0 radical (unpaired) electrons. The van der Waals surface area contributed by atoms with Crippen molar-refractivity contribution < 1.29 is 35.1 Å². The molecular formula is C29H34F3N3O5S3. The summed E-state index contributed by atoms with van der Waals surface area (Å²) in [5.74, 6) is 0. The molecular weight excluding hydrogens is 624 g/mol. The lowest BCUT2D eigenvalue weighted by Gasteiger charge is -2.44. The fraction of sp³-hybridized carbons (Fsp3) is 0.414. The molecule has 14 heteroatoms. The first-order chi connectivity index (χ1) is 19.9. The van der Waals surface area contributed by atoms with Crippen molar-refractivity contribution >= 4 is 42.8 Å². The van der Waals surface area contributed by atoms with E-state index in [1.165, 1.54) is 39.0 Å². The summed E-state index contributed by atoms with van der Waals surface area (Å²) in [5, 5.41) is 10.1. The van der Waals surface area contributed by atoms with Crippen molar-refractivity contribution in [2.45, 2.75) is 44.1 Å². The van der Waals surface area contributed by atoms with Gasteiger partial charge in [0, 0.05) is 49.2 Å². The topological polar surface area (TPSA) is 98.2 Å². The molecule has 1 N–H and O–H groups in total. The number of anilines is 1. The zero-order valence-electron chi connectivity index (χ0n) is 23.9. The van der Waals surface area contributed by atoms with E-state index in [9.17, 15) is 35.1 Å². The summed E-state index contributed by atoms with van der Waals surface area (Å²) in [6.07, 6.45) is 1.34. The molecule has 2 aromatic rings. The second-order valence-corrected chi connectivity index (χ2v) is 15.2. The molecule has 2 aliphatic rings. The quantitative estimate of drug-likeness (QED) is 0.397. The first-order valence-corrected chi connectivity index (χ1v) is 17.2. The Labute approximate surface area is 256 Å². The Morgan fingerprint density at radius 1 is 1.05 bits per heavy atom. The maximum absolute atomic E-state index is 13.7. The van der Waals surface area contributed by atoms with Crippen molar-refractivity contribution in [2.75, 3.05) is 37.3 Å². The number of piperazine rings is 1. The van der Waals surface area contributed by atoms with Gasteiger partial charge < -0.3 is 10.0 Å². The lowest BCUT2D eigenvalue weighted by molar-refractivity contribution is -0.258. The highest BCUT2D eigenvalue weighted by atomic mass is 32.2. The van der Waals surface area contributed by atoms with E-state index in [0.29, 0.717) is 19.0 Å². The Morgan fingerprint density at radius 2 is 1.67 bits per heavy atom. The molecule has 1 heterocycles. The number of nitrogens with zero attached hydrogens (tertiary/aromatic N) is 3. The average Bonchev–Trinajstić information content (AvgIpc) is 2.95. The third-order valence-electron chi connectivity index (χ3n) is 7.87. The van der Waals surface area contributed by atoms with Crippen LogP contribution in [0, 0.1) is 0 Å². The number of allylic oxidation sites excluding steroid dienone is 4. The highest BCUT2D eigenvalue weighted by Gasteiger charge is 2.51. The summed E-state index contributed by atoms with van der Waals surface area (Å²) >= 11 is 5.33. The van der Waals surface area contributed by atoms with Crippen molar-refractivity contribution in [3.05, 3.63) is 88.9 Å². The monoisotopic (exact) mass is 657 g/mol. The fourth-order valence-electron chi connectivity index (χ4n) is 5.26. The summed E-state index contributed by atoms with van der Waals surface area (Å²) in [6.45, 7) is 2.38. The van der Waals surface area contributed by atoms with Crippen LogP contribution < -0.4 is 4.90 Å². The maximum atomic E-state index is 13.7. The van der Waals surface area contributed by atoms with E-state index in [4.69, 9.17) is 12.2 Å². The molecule has 0 bridgehead atoms. The molecule has 234 valence electrons. The lowest BCUT2D eigenvalue weighted by atomic mass is 9.95. The molecule has 3 atom stereocenters. The van der Waals surface area contributed by atoms with E-state index in [2.05, 4.69) is 0 Å². The maximum Gasteiger partial charge on any atom is 0.421 e. The predicted octanol–water partition coefficient (Wildman–Crippen LogP) is 4.51. The van der Waals surface area contributed by atoms with Gasteiger partial charge in [-0.15, -0.1) is 0 Å². The summed E-state index contributed by atoms with van der Waals surface area (Å²) in [6, 6.07) is 12.9. The highest BCUT2D eigenvalue weighted by Crippen LogP contribution is 2.39. The van der Waals surface area contributed by atoms with Crippen LogP contribution in [0.1, 0.15) is 37.4 Å². The van der Waals surface area contributed by atoms with Gasteiger partial charge in [-0.2, -0.15) is 21.8 Å². The average molecular weight is 658 g/mol. The highest BCUT2D eigenvalue weighted by molar-refractivity contribution is 7.96. The Balaban J connectivity index is 1.72. The summed E-state index contributed by atoms with van der Waals surface area (Å²) in [4.78, 5) is 2.10. The van der Waals surface area contributed by atoms with Gasteiger partial charge in [0.15, 0.2) is 5.60 Å². The van der Waals surface area contributed by atoms with Crippen LogP contribution in [-0.4, -0.2) is 80.1 Å². The molecule has 43 heavy (non-hydrogen) atoms. The number of hydrogen-bond donors (Lipinski definition) is 1. The van der Waals surface area contributed by atoms with E-state index in [1.54, 1.807) is 48.2 Å². The van der Waals surface area contributed by atoms with E-state index in [1.807, 2.05) is 6.07 Å². The SMILES string of the molecule is C[C@H](c1ccccc1)N(C[C@H]1CN(S(=O)(=O)C2=CC=CCC2=S)CCN1c1ccc([C@](C)(O)C(F)(F)F)cc1)S(C)(=O)=O. The number of rotatable bonds is 9. The van der Waals surface area contributed by atoms with Crippen LogP contribution >= 0.6 is 12.2 Å². The van der Waals surface area contributed by atoms with Gasteiger partial charge >= 0.3 is 6.18 Å². The van der Waals surface area contributed by atoms with Crippen molar-refractivity contribution in [2.24, 2.45) is 0 Å². The van der Waals surface area contributed by atoms with Crippen LogP contribution in [-0.2, 0) is 25.6 Å². The van der Waals surface area contributed by atoms with Crippen LogP contribution in [0.5, 0.6) is 0 Å². The zero-order chi connectivity index (χ0) is 31.8. The molecule has 1 aliphatic carbocycles. The van der Waals surface area contributed by atoms with Crippen LogP contribution in [0.15, 0.2) is 77.7 Å². The zero-order valence-corrected chi connectivity index (χ0v) is 26.3. The fourth-order valence-corrected chi connectivity index (χ4v) is 8.47. The summed E-state index contributed by atoms with van der Waals surface area (Å²) in [7, 11) is -7.81. The van der Waals surface area contributed by atoms with Gasteiger partial charge in [0.1, 0.15) is 0 Å². The van der Waals surface area contributed by atoms with E-state index in [0.717, 1.165) is 11.8 Å². The van der Waals surface area contributed by atoms with Gasteiger partial charge in [0.25, 0.3) is 0 Å². The van der Waals surface area contributed by atoms with Crippen molar-refractivity contribution in [3.8, 4) is 0 Å². The molecule has 0 unspecified atom stereocenters. The van der Waals surface area contributed by atoms with Gasteiger partial charge in [0.05, 0.1) is 17.2 Å². The van der Waals surface area contributed by atoms with Crippen LogP contribution in [0.2, 0.25) is 0 Å². The number of benzene rings is 2. The van der Waals surface area contributed by atoms with E-state index in [-0.39, 0.29) is 41.5 Å². The minimum Gasteiger partial charge on any atom is -0.376 e. The van der Waals surface area contributed by atoms with E-state index < -0.39 is 43.9 Å². The molecule has 1 fully saturated rings. The first-order valence-electron chi connectivity index (χ1n) is 13.5. The Morgan fingerprint density at radius 3 is 2.23 bits per heavy atom. The van der Waals surface area contributed by atoms with Crippen LogP contribution in [0.3, 0.4) is 0 Å². The second-order valence-electron chi connectivity index (χ2n) is 10.8. The number of thiocarbonyl (C=S) groups is 1. The number of sulfonamides is 2. The standard InChI is InChI=1S/C29H34F3N3O5S3/c1-21(22-9-5-4-6-10-22)35(42(3,37)38)20-25-19-33(43(39,40)27-12-8-7-11-26(27)41)17-18-34(25)24-15-13-23(14-16-24)28(2,36)29(30,31)32/h4-10,12-16,21,25,36H,11,17-20H2,1-3H3/t21-,25-,28+/m1/s1. The smallest absolute Gasteiger partial charge is 0.376 e. The van der Waals surface area contributed by atoms with Crippen molar-refractivity contribution in [1.29, 1.82) is 0 Å². The minimum atomic E-state index is -4.90. The molecule has 0 spiro atoms. The molecule has 8 nitrogen and oxygen atoms in total. The third kappa shape index (κ3) is 7.04. The molecule has 1 saturated heterocycles. The molecule has 0 aromatic heterocycles. The number of aliphatic hydroxyl groups is 1. The third-order valence-corrected chi connectivity index (χ3v) is 11.7. The molecule has 4 rings (SSSR count). The normalized spacial score (nSPS) is 21.0. The van der Waals surface area contributed by atoms with Crippen LogP contribution in [0.25, 0.3) is 0 Å². The second kappa shape index (κ2) is 12.4. The van der Waals surface area contributed by atoms with Gasteiger partial charge in [-0.3, -0.25) is 0 Å².